The fraction of sp³-hybridized carbons (Fsp3) is 0.471. The first-order chi connectivity index (χ1) is 15.8. The van der Waals surface area contributed by atoms with E-state index in [0.717, 1.165) is 0 Å². The molecule has 0 amide bonds. The average Bonchev–Trinajstić information content (AvgIpc) is 2.69. The van der Waals surface area contributed by atoms with Crippen molar-refractivity contribution in [1.82, 2.24) is 10.3 Å². The van der Waals surface area contributed by atoms with Crippen molar-refractivity contribution in [2.75, 3.05) is 6.50 Å². The Balaban J connectivity index is 0.00000481. The van der Waals surface area contributed by atoms with Gasteiger partial charge in [-0.05, 0) is 36.9 Å². The summed E-state index contributed by atoms with van der Waals surface area (Å²) in [6, 6.07) is -2.43. The zero-order valence-corrected chi connectivity index (χ0v) is 13.7. The molecule has 0 radical (unpaired) electrons. The third kappa shape index (κ3) is 4.47. The number of para-hydroxylation sites is 1. The zero-order chi connectivity index (χ0) is 28.1. The quantitative estimate of drug-likeness (QED) is 0.676. The topological polar surface area (TPSA) is 45.1 Å². The Morgan fingerprint density at radius 1 is 1.22 bits per heavy atom. The number of rotatable bonds is 2. The van der Waals surface area contributed by atoms with E-state index in [1.54, 1.807) is 0 Å². The molecule has 0 unspecified atom stereocenters. The highest BCUT2D eigenvalue weighted by atomic mass is 35.5. The molecule has 1 aromatic carbocycles. The third-order valence-electron chi connectivity index (χ3n) is 3.43. The smallest absolute Gasteiger partial charge is 0.387 e. The molecule has 10 heteroatoms. The summed E-state index contributed by atoms with van der Waals surface area (Å²) in [6.45, 7) is -3.70. The van der Waals surface area contributed by atoms with Crippen LogP contribution in [-0.4, -0.2) is 22.6 Å². The van der Waals surface area contributed by atoms with E-state index >= 15 is 0 Å². The molecule has 1 saturated heterocycles. The van der Waals surface area contributed by atoms with E-state index in [9.17, 15) is 31.4 Å². The van der Waals surface area contributed by atoms with Gasteiger partial charge in [0.1, 0.15) is 5.69 Å². The van der Waals surface area contributed by atoms with Gasteiger partial charge in [0, 0.05) is 23.7 Å². The van der Waals surface area contributed by atoms with Crippen LogP contribution < -0.4 is 5.32 Å². The zero-order valence-electron chi connectivity index (χ0n) is 22.9. The molecule has 2 aromatic rings. The average molecular weight is 425 g/mol. The van der Waals surface area contributed by atoms with Crippen LogP contribution in [0.4, 0.5) is 26.3 Å². The Morgan fingerprint density at radius 2 is 1.93 bits per heavy atom. The fourth-order valence-corrected chi connectivity index (χ4v) is 2.32. The molecule has 1 aromatic heterocycles. The first kappa shape index (κ1) is 11.4. The van der Waals surface area contributed by atoms with Gasteiger partial charge in [0.15, 0.2) is 0 Å². The maximum atomic E-state index is 13.6. The Labute approximate surface area is 171 Å². The largest absolute Gasteiger partial charge is 0.433 e. The predicted molar refractivity (Wildman–Crippen MR) is 89.6 cm³/mol. The number of nitrogens with one attached hydrogen (secondary N) is 1. The number of hydrogen-bond acceptors (Lipinski definition) is 3. The second-order valence-corrected chi connectivity index (χ2v) is 5.10. The second-order valence-electron chi connectivity index (χ2n) is 5.10. The number of halogens is 7. The minimum Gasteiger partial charge on any atom is -0.387 e. The number of piperidine rings is 1. The summed E-state index contributed by atoms with van der Waals surface area (Å²) in [5.41, 5.74) is -6.72. The van der Waals surface area contributed by atoms with Crippen molar-refractivity contribution >= 4 is 23.3 Å². The van der Waals surface area contributed by atoms with Gasteiger partial charge in [0.25, 0.3) is 0 Å². The van der Waals surface area contributed by atoms with Gasteiger partial charge in [-0.1, -0.05) is 18.5 Å². The van der Waals surface area contributed by atoms with Crippen LogP contribution >= 0.6 is 12.4 Å². The van der Waals surface area contributed by atoms with Gasteiger partial charge in [-0.2, -0.15) is 26.3 Å². The molecule has 0 saturated carbocycles. The van der Waals surface area contributed by atoms with E-state index in [1.807, 2.05) is 0 Å². The van der Waals surface area contributed by atoms with Gasteiger partial charge >= 0.3 is 12.4 Å². The van der Waals surface area contributed by atoms with E-state index in [2.05, 4.69) is 4.98 Å². The van der Waals surface area contributed by atoms with Gasteiger partial charge in [-0.15, -0.1) is 12.4 Å². The van der Waals surface area contributed by atoms with E-state index in [-0.39, 0.29) is 18.5 Å². The first-order valence-corrected chi connectivity index (χ1v) is 6.88. The number of alkyl halides is 6. The van der Waals surface area contributed by atoms with Crippen molar-refractivity contribution in [3.05, 3.63) is 41.1 Å². The highest BCUT2D eigenvalue weighted by molar-refractivity contribution is 5.86. The van der Waals surface area contributed by atoms with E-state index in [4.69, 9.17) is 13.7 Å². The molecule has 0 bridgehead atoms. The third-order valence-corrected chi connectivity index (χ3v) is 3.43. The molecule has 27 heavy (non-hydrogen) atoms. The lowest BCUT2D eigenvalue weighted by atomic mass is 9.91. The van der Waals surface area contributed by atoms with Gasteiger partial charge in [-0.25, -0.2) is 4.98 Å². The Hall–Kier alpha value is -1.58. The van der Waals surface area contributed by atoms with E-state index in [0.29, 0.717) is 18.2 Å². The maximum Gasteiger partial charge on any atom is 0.433 e. The molecule has 3 nitrogen and oxygen atoms in total. The minimum atomic E-state index is -5.47. The summed E-state index contributed by atoms with van der Waals surface area (Å²) < 4.78 is 161. The highest BCUT2D eigenvalue weighted by Crippen LogP contribution is 2.39. The molecule has 150 valence electrons. The molecule has 2 heterocycles. The van der Waals surface area contributed by atoms with Crippen LogP contribution in [0.3, 0.4) is 0 Å². The number of aliphatic hydroxyl groups is 1. The molecule has 3 rings (SSSR count). The first-order valence-electron chi connectivity index (χ1n) is 11.9. The molecule has 0 aliphatic carbocycles. The van der Waals surface area contributed by atoms with Crippen molar-refractivity contribution in [1.29, 1.82) is 0 Å². The van der Waals surface area contributed by atoms with E-state index in [1.165, 1.54) is 5.32 Å². The van der Waals surface area contributed by atoms with E-state index < -0.39 is 77.8 Å². The number of fused-ring (bicyclic) bond motifs is 1. The number of hydrogen-bond donors (Lipinski definition) is 2. The van der Waals surface area contributed by atoms with Crippen molar-refractivity contribution in [2.24, 2.45) is 0 Å². The maximum absolute atomic E-state index is 13.6. The Kier molecular flexibility index (Phi) is 3.30. The molecular formula is C17H17ClF6N2O. The second kappa shape index (κ2) is 7.81. The standard InChI is InChI=1S/C17H16F6N2O.ClH/c18-16(19,20)11-5-3-4-9-10(15(26)12-6-1-2-7-24-12)8-13(17(21,22)23)25-14(9)11;/h3-5,8,12,15,24,26H,1-2,6-7H2;1H/t12-,15+;/m0./s1/i1D2,2D2,6D2,7D2,12D,15D;. The van der Waals surface area contributed by atoms with Crippen molar-refractivity contribution in [2.45, 2.75) is 43.6 Å². The molecule has 1 aliphatic rings. The highest BCUT2D eigenvalue weighted by Gasteiger charge is 2.38. The van der Waals surface area contributed by atoms with Crippen LogP contribution in [0, 0.1) is 0 Å². The molecule has 2 atom stereocenters. The monoisotopic (exact) mass is 424 g/mol. The summed E-state index contributed by atoms with van der Waals surface area (Å²) in [7, 11) is 0. The summed E-state index contributed by atoms with van der Waals surface area (Å²) in [5.74, 6) is 0. The number of nitrogens with zero attached hydrogens (tertiary/aromatic N) is 1. The summed E-state index contributed by atoms with van der Waals surface area (Å²) in [4.78, 5) is 2.95. The van der Waals surface area contributed by atoms with Crippen molar-refractivity contribution in [3.63, 3.8) is 0 Å². The number of benzene rings is 1. The lowest BCUT2D eigenvalue weighted by Gasteiger charge is -2.29. The van der Waals surface area contributed by atoms with Gasteiger partial charge in [0.05, 0.1) is 18.5 Å². The van der Waals surface area contributed by atoms with Crippen LogP contribution in [0.2, 0.25) is 0 Å². The molecule has 1 fully saturated rings. The minimum absolute atomic E-state index is 0. The molecule has 0 spiro atoms. The predicted octanol–water partition coefficient (Wildman–Crippen LogP) is 4.87. The molecule has 1 aliphatic heterocycles. The Morgan fingerprint density at radius 3 is 2.56 bits per heavy atom. The SMILES string of the molecule is Cl.[2H]C1([2H])N[C@]([2H])([C@]([2H])(O)c2cc(C(F)(F)F)nc3c(C(F)(F)F)cccc23)C([2H])([2H])C([2H])([2H])C1([2H])[2H]. The molecular weight excluding hydrogens is 398 g/mol. The van der Waals surface area contributed by atoms with Gasteiger partial charge in [0.2, 0.25) is 0 Å². The number of pyridine rings is 1. The summed E-state index contributed by atoms with van der Waals surface area (Å²) >= 11 is 0. The van der Waals surface area contributed by atoms with Crippen molar-refractivity contribution in [3.8, 4) is 0 Å². The van der Waals surface area contributed by atoms with Crippen LogP contribution in [0.1, 0.15) is 55.7 Å². The summed E-state index contributed by atoms with van der Waals surface area (Å²) in [6.07, 6.45) is -26.7. The van der Waals surface area contributed by atoms with Crippen LogP contribution in [0.15, 0.2) is 24.3 Å². The van der Waals surface area contributed by atoms with Gasteiger partial charge in [-0.3, -0.25) is 0 Å². The summed E-state index contributed by atoms with van der Waals surface area (Å²) in [5, 5.41) is 11.4. The van der Waals surface area contributed by atoms with Crippen molar-refractivity contribution < 1.29 is 45.2 Å². The lowest BCUT2D eigenvalue weighted by molar-refractivity contribution is -0.142. The van der Waals surface area contributed by atoms with Crippen LogP contribution in [-0.2, 0) is 12.4 Å². The van der Waals surface area contributed by atoms with Gasteiger partial charge < -0.3 is 10.4 Å². The molecule has 2 N–H and O–H groups in total. The van der Waals surface area contributed by atoms with Crippen LogP contribution in [0.25, 0.3) is 10.9 Å². The van der Waals surface area contributed by atoms with Crippen LogP contribution in [0.5, 0.6) is 0 Å². The number of aromatic nitrogens is 1. The normalized spacial score (nSPS) is 36.4. The lowest BCUT2D eigenvalue weighted by Crippen LogP contribution is -2.39. The fourth-order valence-electron chi connectivity index (χ4n) is 2.32. The Bertz CT molecular complexity index is 1220.